The Bertz CT molecular complexity index is 1220. The molecule has 6 heteroatoms. The van der Waals surface area contributed by atoms with Gasteiger partial charge in [0.15, 0.2) is 0 Å². The summed E-state index contributed by atoms with van der Waals surface area (Å²) in [5.41, 5.74) is 5.89. The zero-order valence-electron chi connectivity index (χ0n) is 22.2. The van der Waals surface area contributed by atoms with Crippen molar-refractivity contribution in [2.24, 2.45) is 0 Å². The van der Waals surface area contributed by atoms with Gasteiger partial charge in [0.1, 0.15) is 12.4 Å². The van der Waals surface area contributed by atoms with E-state index in [4.69, 9.17) is 4.74 Å². The minimum atomic E-state index is 0.101. The van der Waals surface area contributed by atoms with Gasteiger partial charge in [0.2, 0.25) is 0 Å². The summed E-state index contributed by atoms with van der Waals surface area (Å²) in [4.78, 5) is 24.1. The number of ether oxygens (including phenoxy) is 1. The van der Waals surface area contributed by atoms with Crippen molar-refractivity contribution in [3.8, 4) is 5.75 Å². The summed E-state index contributed by atoms with van der Waals surface area (Å²) < 4.78 is 6.18. The molecule has 0 unspecified atom stereocenters. The van der Waals surface area contributed by atoms with Crippen LogP contribution in [0.4, 0.5) is 5.69 Å². The average Bonchev–Trinajstić information content (AvgIpc) is 3.44. The van der Waals surface area contributed by atoms with E-state index in [1.807, 2.05) is 53.7 Å². The van der Waals surface area contributed by atoms with Gasteiger partial charge < -0.3 is 14.5 Å². The SMILES string of the molecule is O=C(c1ccc(COc2ccc3c(c2)CCN(C2CCCC2)CC3)cc1)N1CCN(c2ccncc2)CC1. The fourth-order valence-electron chi connectivity index (χ4n) is 6.26. The summed E-state index contributed by atoms with van der Waals surface area (Å²) in [6.45, 7) is 5.97. The summed E-state index contributed by atoms with van der Waals surface area (Å²) in [6.07, 6.45) is 11.4. The molecule has 2 aliphatic heterocycles. The molecule has 198 valence electrons. The Balaban J connectivity index is 1.00. The lowest BCUT2D eigenvalue weighted by molar-refractivity contribution is 0.0746. The average molecular weight is 511 g/mol. The Kier molecular flexibility index (Phi) is 7.59. The number of carbonyl (C=O) groups is 1. The topological polar surface area (TPSA) is 48.9 Å². The van der Waals surface area contributed by atoms with Crippen molar-refractivity contribution in [3.05, 3.63) is 89.2 Å². The van der Waals surface area contributed by atoms with Crippen LogP contribution in [0.3, 0.4) is 0 Å². The molecule has 6 nitrogen and oxygen atoms in total. The number of hydrogen-bond acceptors (Lipinski definition) is 5. The molecule has 0 bridgehead atoms. The first-order valence-corrected chi connectivity index (χ1v) is 14.2. The monoisotopic (exact) mass is 510 g/mol. The fourth-order valence-corrected chi connectivity index (χ4v) is 6.26. The zero-order chi connectivity index (χ0) is 25.7. The third-order valence-electron chi connectivity index (χ3n) is 8.56. The normalized spacial score (nSPS) is 18.7. The first-order valence-electron chi connectivity index (χ1n) is 14.2. The first-order chi connectivity index (χ1) is 18.7. The molecule has 6 rings (SSSR count). The van der Waals surface area contributed by atoms with Crippen LogP contribution in [0.1, 0.15) is 52.7 Å². The Morgan fingerprint density at radius 1 is 0.816 bits per heavy atom. The number of aromatic nitrogens is 1. The maximum Gasteiger partial charge on any atom is 0.253 e. The molecule has 0 N–H and O–H groups in total. The molecule has 3 aromatic rings. The van der Waals surface area contributed by atoms with Gasteiger partial charge in [-0.25, -0.2) is 0 Å². The van der Waals surface area contributed by atoms with E-state index in [0.717, 1.165) is 74.2 Å². The van der Waals surface area contributed by atoms with Gasteiger partial charge in [-0.1, -0.05) is 31.0 Å². The number of piperazine rings is 1. The van der Waals surface area contributed by atoms with Crippen molar-refractivity contribution in [2.75, 3.05) is 44.2 Å². The summed E-state index contributed by atoms with van der Waals surface area (Å²) in [7, 11) is 0. The van der Waals surface area contributed by atoms with Crippen molar-refractivity contribution < 1.29 is 9.53 Å². The maximum atomic E-state index is 13.1. The van der Waals surface area contributed by atoms with Crippen LogP contribution in [-0.4, -0.2) is 66.0 Å². The van der Waals surface area contributed by atoms with E-state index in [-0.39, 0.29) is 5.91 Å². The molecule has 1 saturated heterocycles. The molecular formula is C32H38N4O2. The lowest BCUT2D eigenvalue weighted by Gasteiger charge is -2.36. The smallest absolute Gasteiger partial charge is 0.253 e. The number of hydrogen-bond donors (Lipinski definition) is 0. The van der Waals surface area contributed by atoms with E-state index in [2.05, 4.69) is 33.0 Å². The number of amides is 1. The Morgan fingerprint density at radius 3 is 2.26 bits per heavy atom. The van der Waals surface area contributed by atoms with E-state index < -0.39 is 0 Å². The number of rotatable bonds is 6. The molecule has 3 aliphatic rings. The van der Waals surface area contributed by atoms with Gasteiger partial charge in [0, 0.05) is 69.0 Å². The van der Waals surface area contributed by atoms with Gasteiger partial charge in [0.05, 0.1) is 0 Å². The van der Waals surface area contributed by atoms with Crippen LogP contribution >= 0.6 is 0 Å². The van der Waals surface area contributed by atoms with Crippen molar-refractivity contribution >= 4 is 11.6 Å². The highest BCUT2D eigenvalue weighted by molar-refractivity contribution is 5.94. The van der Waals surface area contributed by atoms with Crippen LogP contribution in [0.15, 0.2) is 67.0 Å². The van der Waals surface area contributed by atoms with Crippen LogP contribution in [0, 0.1) is 0 Å². The third-order valence-corrected chi connectivity index (χ3v) is 8.56. The molecule has 2 aromatic carbocycles. The van der Waals surface area contributed by atoms with E-state index in [9.17, 15) is 4.79 Å². The van der Waals surface area contributed by atoms with Gasteiger partial charge in [-0.05, 0) is 78.8 Å². The summed E-state index contributed by atoms with van der Waals surface area (Å²) in [5, 5.41) is 0. The first kappa shape index (κ1) is 24.9. The summed E-state index contributed by atoms with van der Waals surface area (Å²) >= 11 is 0. The van der Waals surface area contributed by atoms with Crippen LogP contribution < -0.4 is 9.64 Å². The lowest BCUT2D eigenvalue weighted by Crippen LogP contribution is -2.48. The molecule has 1 amide bonds. The van der Waals surface area contributed by atoms with Crippen molar-refractivity contribution in [1.29, 1.82) is 0 Å². The standard InChI is InChI=1S/C32H38N4O2/c37-32(36-21-19-35(20-22-36)30-11-15-33-16-12-30)27-7-5-25(6-8-27)24-38-31-10-9-26-13-17-34(18-14-28(26)23-31)29-3-1-2-4-29/h5-12,15-16,23,29H,1-4,13-14,17-22,24H2. The van der Waals surface area contributed by atoms with E-state index >= 15 is 0 Å². The molecular weight excluding hydrogens is 472 g/mol. The van der Waals surface area contributed by atoms with Crippen molar-refractivity contribution in [2.45, 2.75) is 51.2 Å². The summed E-state index contributed by atoms with van der Waals surface area (Å²) in [6, 6.07) is 19.4. The molecule has 1 aliphatic carbocycles. The van der Waals surface area contributed by atoms with Gasteiger partial charge in [-0.15, -0.1) is 0 Å². The second kappa shape index (κ2) is 11.6. The number of carbonyl (C=O) groups excluding carboxylic acids is 1. The van der Waals surface area contributed by atoms with Crippen molar-refractivity contribution in [3.63, 3.8) is 0 Å². The van der Waals surface area contributed by atoms with Gasteiger partial charge in [-0.3, -0.25) is 14.7 Å². The van der Waals surface area contributed by atoms with Crippen LogP contribution in [-0.2, 0) is 19.4 Å². The zero-order valence-corrected chi connectivity index (χ0v) is 22.2. The Hall–Kier alpha value is -3.38. The highest BCUT2D eigenvalue weighted by Gasteiger charge is 2.25. The molecule has 0 radical (unpaired) electrons. The van der Waals surface area contributed by atoms with Gasteiger partial charge in [0.25, 0.3) is 5.91 Å². The molecule has 0 atom stereocenters. The number of pyridine rings is 1. The molecule has 3 heterocycles. The fraction of sp³-hybridized carbons (Fsp3) is 0.438. The predicted octanol–water partition coefficient (Wildman–Crippen LogP) is 4.97. The van der Waals surface area contributed by atoms with Gasteiger partial charge in [-0.2, -0.15) is 0 Å². The minimum Gasteiger partial charge on any atom is -0.489 e. The molecule has 1 aromatic heterocycles. The quantitative estimate of drug-likeness (QED) is 0.469. The van der Waals surface area contributed by atoms with Crippen LogP contribution in [0.2, 0.25) is 0 Å². The highest BCUT2D eigenvalue weighted by atomic mass is 16.5. The van der Waals surface area contributed by atoms with E-state index in [0.29, 0.717) is 6.61 Å². The third kappa shape index (κ3) is 5.70. The Morgan fingerprint density at radius 2 is 1.53 bits per heavy atom. The lowest BCUT2D eigenvalue weighted by atomic mass is 10.0. The molecule has 38 heavy (non-hydrogen) atoms. The number of benzene rings is 2. The van der Waals surface area contributed by atoms with Gasteiger partial charge >= 0.3 is 0 Å². The number of anilines is 1. The molecule has 0 spiro atoms. The largest absolute Gasteiger partial charge is 0.489 e. The second-order valence-electron chi connectivity index (χ2n) is 10.9. The predicted molar refractivity (Wildman–Crippen MR) is 151 cm³/mol. The van der Waals surface area contributed by atoms with Crippen LogP contribution in [0.25, 0.3) is 0 Å². The van der Waals surface area contributed by atoms with E-state index in [1.165, 1.54) is 43.4 Å². The van der Waals surface area contributed by atoms with Crippen LogP contribution in [0.5, 0.6) is 5.75 Å². The maximum absolute atomic E-state index is 13.1. The minimum absolute atomic E-state index is 0.101. The molecule has 1 saturated carbocycles. The van der Waals surface area contributed by atoms with E-state index in [1.54, 1.807) is 0 Å². The highest BCUT2D eigenvalue weighted by Crippen LogP contribution is 2.28. The number of fused-ring (bicyclic) bond motifs is 1. The Labute approximate surface area is 226 Å². The van der Waals surface area contributed by atoms with Crippen molar-refractivity contribution in [1.82, 2.24) is 14.8 Å². The summed E-state index contributed by atoms with van der Waals surface area (Å²) in [5.74, 6) is 1.04. The molecule has 2 fully saturated rings. The number of nitrogens with zero attached hydrogens (tertiary/aromatic N) is 4. The second-order valence-corrected chi connectivity index (χ2v) is 10.9.